The number of carbonyl (C=O) groups is 1. The van der Waals surface area contributed by atoms with Gasteiger partial charge in [0.2, 0.25) is 5.91 Å². The van der Waals surface area contributed by atoms with Gasteiger partial charge in [-0.3, -0.25) is 4.79 Å². The van der Waals surface area contributed by atoms with E-state index in [4.69, 9.17) is 5.73 Å². The fourth-order valence-electron chi connectivity index (χ4n) is 3.65. The van der Waals surface area contributed by atoms with Crippen molar-refractivity contribution in [3.63, 3.8) is 0 Å². The van der Waals surface area contributed by atoms with Crippen LogP contribution in [0.4, 0.5) is 0 Å². The number of allylic oxidation sites excluding steroid dienone is 2. The molecular formula is C26H52N2O. The van der Waals surface area contributed by atoms with Crippen molar-refractivity contribution in [3.05, 3.63) is 12.2 Å². The first-order valence-electron chi connectivity index (χ1n) is 12.9. The molecular weight excluding hydrogens is 356 g/mol. The minimum Gasteiger partial charge on any atom is -0.356 e. The van der Waals surface area contributed by atoms with E-state index in [0.29, 0.717) is 13.0 Å². The predicted molar refractivity (Wildman–Crippen MR) is 129 cm³/mol. The summed E-state index contributed by atoms with van der Waals surface area (Å²) in [5.74, 6) is 0.211. The fourth-order valence-corrected chi connectivity index (χ4v) is 3.65. The van der Waals surface area contributed by atoms with Crippen LogP contribution in [-0.2, 0) is 4.79 Å². The van der Waals surface area contributed by atoms with Crippen LogP contribution in [0.15, 0.2) is 12.2 Å². The third kappa shape index (κ3) is 25.1. The van der Waals surface area contributed by atoms with Crippen molar-refractivity contribution in [2.45, 2.75) is 135 Å². The maximum atomic E-state index is 11.6. The summed E-state index contributed by atoms with van der Waals surface area (Å²) in [6.45, 7) is 3.78. The van der Waals surface area contributed by atoms with Gasteiger partial charge in [0, 0.05) is 13.0 Å². The largest absolute Gasteiger partial charge is 0.356 e. The van der Waals surface area contributed by atoms with Gasteiger partial charge in [0.1, 0.15) is 0 Å². The molecule has 0 radical (unpaired) electrons. The molecule has 29 heavy (non-hydrogen) atoms. The quantitative estimate of drug-likeness (QED) is 0.136. The van der Waals surface area contributed by atoms with Crippen LogP contribution < -0.4 is 11.1 Å². The molecule has 0 spiro atoms. The normalized spacial score (nSPS) is 11.4. The zero-order chi connectivity index (χ0) is 21.3. The van der Waals surface area contributed by atoms with Crippen LogP contribution in [0.3, 0.4) is 0 Å². The molecule has 3 heteroatoms. The van der Waals surface area contributed by atoms with Crippen LogP contribution in [-0.4, -0.2) is 19.0 Å². The van der Waals surface area contributed by atoms with E-state index in [9.17, 15) is 4.79 Å². The molecule has 0 aromatic heterocycles. The second-order valence-corrected chi connectivity index (χ2v) is 8.59. The third-order valence-electron chi connectivity index (χ3n) is 5.62. The van der Waals surface area contributed by atoms with Crippen molar-refractivity contribution in [2.75, 3.05) is 13.1 Å². The lowest BCUT2D eigenvalue weighted by molar-refractivity contribution is -0.121. The van der Waals surface area contributed by atoms with Crippen molar-refractivity contribution < 1.29 is 4.79 Å². The molecule has 0 aliphatic carbocycles. The second-order valence-electron chi connectivity index (χ2n) is 8.59. The molecule has 0 aromatic carbocycles. The highest BCUT2D eigenvalue weighted by Gasteiger charge is 2.00. The number of amides is 1. The molecule has 0 aromatic rings. The molecule has 0 heterocycles. The Morgan fingerprint density at radius 1 is 0.655 bits per heavy atom. The number of nitrogens with two attached hydrogens (primary N) is 1. The van der Waals surface area contributed by atoms with E-state index < -0.39 is 0 Å². The number of carbonyl (C=O) groups excluding carboxylic acids is 1. The average Bonchev–Trinajstić information content (AvgIpc) is 2.73. The summed E-state index contributed by atoms with van der Waals surface area (Å²) in [5.41, 5.74) is 5.44. The molecule has 0 fully saturated rings. The molecule has 3 N–H and O–H groups in total. The molecule has 3 nitrogen and oxygen atoms in total. The molecule has 1 amide bonds. The SMILES string of the molecule is CCCCCCCC/C=C\CCCCCCCCCCCC(=O)NCCCCN. The standard InChI is InChI=1S/C26H52N2O/c1-2-3-4-5-6-7-8-9-10-11-12-13-14-15-16-17-18-19-20-23-26(29)28-25-22-21-24-27/h9-10H,2-8,11-25,27H2,1H3,(H,28,29)/b10-9-. The Labute approximate surface area is 182 Å². The summed E-state index contributed by atoms with van der Waals surface area (Å²) in [5, 5.41) is 2.98. The van der Waals surface area contributed by atoms with Crippen LogP contribution in [0.25, 0.3) is 0 Å². The molecule has 172 valence electrons. The van der Waals surface area contributed by atoms with Crippen molar-refractivity contribution in [1.29, 1.82) is 0 Å². The molecule has 0 saturated carbocycles. The highest BCUT2D eigenvalue weighted by Crippen LogP contribution is 2.12. The van der Waals surface area contributed by atoms with Gasteiger partial charge >= 0.3 is 0 Å². The van der Waals surface area contributed by atoms with Gasteiger partial charge in [-0.2, -0.15) is 0 Å². The second kappa shape index (κ2) is 25.2. The van der Waals surface area contributed by atoms with E-state index in [0.717, 1.165) is 25.8 Å². The topological polar surface area (TPSA) is 55.1 Å². The Morgan fingerprint density at radius 2 is 1.14 bits per heavy atom. The molecule has 0 saturated heterocycles. The fraction of sp³-hybridized carbons (Fsp3) is 0.885. The van der Waals surface area contributed by atoms with Crippen molar-refractivity contribution >= 4 is 5.91 Å². The average molecular weight is 409 g/mol. The van der Waals surface area contributed by atoms with Gasteiger partial charge in [-0.1, -0.05) is 96.1 Å². The summed E-state index contributed by atoms with van der Waals surface area (Å²) in [6, 6.07) is 0. The van der Waals surface area contributed by atoms with Gasteiger partial charge in [0.05, 0.1) is 0 Å². The van der Waals surface area contributed by atoms with Crippen LogP contribution in [0.5, 0.6) is 0 Å². The highest BCUT2D eigenvalue weighted by atomic mass is 16.1. The van der Waals surface area contributed by atoms with Crippen molar-refractivity contribution in [1.82, 2.24) is 5.32 Å². The van der Waals surface area contributed by atoms with Gasteiger partial charge in [0.25, 0.3) is 0 Å². The molecule has 0 rings (SSSR count). The Morgan fingerprint density at radius 3 is 1.66 bits per heavy atom. The van der Waals surface area contributed by atoms with Gasteiger partial charge in [-0.05, 0) is 51.5 Å². The highest BCUT2D eigenvalue weighted by molar-refractivity contribution is 5.75. The van der Waals surface area contributed by atoms with E-state index in [2.05, 4.69) is 24.4 Å². The van der Waals surface area contributed by atoms with E-state index in [-0.39, 0.29) is 5.91 Å². The lowest BCUT2D eigenvalue weighted by atomic mass is 10.1. The minimum atomic E-state index is 0.211. The first-order valence-corrected chi connectivity index (χ1v) is 12.9. The Hall–Kier alpha value is -0.830. The first-order chi connectivity index (χ1) is 14.3. The maximum Gasteiger partial charge on any atom is 0.219 e. The Balaban J connectivity index is 3.14. The Bertz CT molecular complexity index is 355. The molecule has 0 unspecified atom stereocenters. The summed E-state index contributed by atoms with van der Waals surface area (Å²) in [7, 11) is 0. The summed E-state index contributed by atoms with van der Waals surface area (Å²) < 4.78 is 0. The van der Waals surface area contributed by atoms with Crippen LogP contribution in [0.2, 0.25) is 0 Å². The third-order valence-corrected chi connectivity index (χ3v) is 5.62. The molecule has 0 bridgehead atoms. The van der Waals surface area contributed by atoms with Crippen molar-refractivity contribution in [3.8, 4) is 0 Å². The molecule has 0 aliphatic rings. The molecule has 0 aliphatic heterocycles. The van der Waals surface area contributed by atoms with Gasteiger partial charge in [-0.25, -0.2) is 0 Å². The van der Waals surface area contributed by atoms with Crippen molar-refractivity contribution in [2.24, 2.45) is 5.73 Å². The number of hydrogen-bond acceptors (Lipinski definition) is 2. The molecule has 0 atom stereocenters. The lowest BCUT2D eigenvalue weighted by Crippen LogP contribution is -2.24. The predicted octanol–water partition coefficient (Wildman–Crippen LogP) is 7.44. The van der Waals surface area contributed by atoms with Gasteiger partial charge in [-0.15, -0.1) is 0 Å². The minimum absolute atomic E-state index is 0.211. The number of nitrogens with one attached hydrogen (secondary N) is 1. The smallest absolute Gasteiger partial charge is 0.219 e. The maximum absolute atomic E-state index is 11.6. The van der Waals surface area contributed by atoms with Gasteiger partial charge < -0.3 is 11.1 Å². The lowest BCUT2D eigenvalue weighted by Gasteiger charge is -2.05. The van der Waals surface area contributed by atoms with Crippen LogP contribution in [0.1, 0.15) is 135 Å². The van der Waals surface area contributed by atoms with E-state index in [1.54, 1.807) is 0 Å². The summed E-state index contributed by atoms with van der Waals surface area (Å²) in [4.78, 5) is 11.6. The van der Waals surface area contributed by atoms with Crippen LogP contribution in [0, 0.1) is 0 Å². The Kier molecular flexibility index (Phi) is 24.5. The van der Waals surface area contributed by atoms with E-state index in [1.807, 2.05) is 0 Å². The monoisotopic (exact) mass is 408 g/mol. The first kappa shape index (κ1) is 28.2. The van der Waals surface area contributed by atoms with Crippen LogP contribution >= 0.6 is 0 Å². The number of hydrogen-bond donors (Lipinski definition) is 2. The summed E-state index contributed by atoms with van der Waals surface area (Å²) >= 11 is 0. The zero-order valence-electron chi connectivity index (χ0n) is 19.7. The number of rotatable bonds is 23. The summed E-state index contributed by atoms with van der Waals surface area (Å²) in [6.07, 6.45) is 30.1. The van der Waals surface area contributed by atoms with E-state index >= 15 is 0 Å². The van der Waals surface area contributed by atoms with E-state index in [1.165, 1.54) is 103 Å². The van der Waals surface area contributed by atoms with Gasteiger partial charge in [0.15, 0.2) is 0 Å². The number of unbranched alkanes of at least 4 members (excludes halogenated alkanes) is 16. The zero-order valence-corrected chi connectivity index (χ0v) is 19.7.